The summed E-state index contributed by atoms with van der Waals surface area (Å²) in [6, 6.07) is 5.95. The molecule has 0 aliphatic heterocycles. The van der Waals surface area contributed by atoms with Crippen molar-refractivity contribution in [3.8, 4) is 0 Å². The summed E-state index contributed by atoms with van der Waals surface area (Å²) < 4.78 is 25.1. The number of sulfonamides is 1. The van der Waals surface area contributed by atoms with Crippen LogP contribution in [0.4, 0.5) is 0 Å². The maximum Gasteiger partial charge on any atom is 0.264 e. The van der Waals surface area contributed by atoms with Crippen LogP contribution < -0.4 is 0 Å². The highest BCUT2D eigenvalue weighted by Crippen LogP contribution is 2.17. The second kappa shape index (κ2) is 7.02. The molecule has 0 unspecified atom stereocenters. The van der Waals surface area contributed by atoms with Crippen LogP contribution in [0.1, 0.15) is 24.2 Å². The fourth-order valence-corrected chi connectivity index (χ4v) is 2.91. The van der Waals surface area contributed by atoms with Crippen LogP contribution in [0.2, 0.25) is 0 Å². The molecule has 0 aliphatic carbocycles. The second-order valence-corrected chi connectivity index (χ2v) is 7.14. The predicted molar refractivity (Wildman–Crippen MR) is 80.2 cm³/mol. The molecule has 6 nitrogen and oxygen atoms in total. The number of carbonyl (C=O) groups excluding carboxylic acids is 1. The second-order valence-electron chi connectivity index (χ2n) is 5.20. The van der Waals surface area contributed by atoms with E-state index < -0.39 is 10.0 Å². The zero-order chi connectivity index (χ0) is 16.2. The first kappa shape index (κ1) is 17.6. The average Bonchev–Trinajstić information content (AvgIpc) is 2.44. The van der Waals surface area contributed by atoms with Crippen LogP contribution in [0.3, 0.4) is 0 Å². The van der Waals surface area contributed by atoms with Gasteiger partial charge in [-0.1, -0.05) is 24.4 Å². The summed E-state index contributed by atoms with van der Waals surface area (Å²) in [5.41, 5.74) is 0.337. The van der Waals surface area contributed by atoms with Gasteiger partial charge in [-0.05, 0) is 24.1 Å². The maximum atomic E-state index is 12.3. The molecule has 0 aromatic heterocycles. The van der Waals surface area contributed by atoms with Crippen molar-refractivity contribution in [1.29, 1.82) is 0 Å². The minimum atomic E-state index is -3.75. The van der Waals surface area contributed by atoms with Gasteiger partial charge in [0.25, 0.3) is 15.9 Å². The van der Waals surface area contributed by atoms with Crippen molar-refractivity contribution >= 4 is 15.9 Å². The molecule has 0 fully saturated rings. The maximum absolute atomic E-state index is 12.3. The van der Waals surface area contributed by atoms with Gasteiger partial charge in [-0.3, -0.25) is 9.63 Å². The van der Waals surface area contributed by atoms with Crippen molar-refractivity contribution < 1.29 is 18.0 Å². The topological polar surface area (TPSA) is 66.9 Å². The van der Waals surface area contributed by atoms with Crippen molar-refractivity contribution in [2.24, 2.45) is 5.92 Å². The summed E-state index contributed by atoms with van der Waals surface area (Å²) in [4.78, 5) is 18.6. The lowest BCUT2D eigenvalue weighted by molar-refractivity contribution is -0.0258. The molecule has 0 radical (unpaired) electrons. The van der Waals surface area contributed by atoms with Crippen molar-refractivity contribution in [2.75, 3.05) is 27.7 Å². The van der Waals surface area contributed by atoms with Crippen LogP contribution in [0.15, 0.2) is 29.2 Å². The SMILES string of the molecule is CON(C)S(=O)(=O)c1cccc(C(=O)N(C)CC(C)C)c1. The molecule has 0 aliphatic rings. The fraction of sp³-hybridized carbons (Fsp3) is 0.500. The van der Waals surface area contributed by atoms with Crippen LogP contribution in [0, 0.1) is 5.92 Å². The van der Waals surface area contributed by atoms with Gasteiger partial charge in [-0.15, -0.1) is 0 Å². The Bertz CT molecular complexity index is 599. The molecule has 0 atom stereocenters. The third-order valence-corrected chi connectivity index (χ3v) is 4.64. The van der Waals surface area contributed by atoms with Crippen LogP contribution >= 0.6 is 0 Å². The molecule has 1 amide bonds. The lowest BCUT2D eigenvalue weighted by atomic mass is 10.1. The largest absolute Gasteiger partial charge is 0.341 e. The number of hydrogen-bond donors (Lipinski definition) is 0. The van der Waals surface area contributed by atoms with Gasteiger partial charge in [0.1, 0.15) is 0 Å². The molecule has 21 heavy (non-hydrogen) atoms. The number of amides is 1. The van der Waals surface area contributed by atoms with E-state index in [1.165, 1.54) is 26.3 Å². The Morgan fingerprint density at radius 2 is 1.90 bits per heavy atom. The quantitative estimate of drug-likeness (QED) is 0.748. The summed E-state index contributed by atoms with van der Waals surface area (Å²) in [6.45, 7) is 4.63. The summed E-state index contributed by atoms with van der Waals surface area (Å²) in [5.74, 6) is 0.131. The average molecular weight is 314 g/mol. The smallest absolute Gasteiger partial charge is 0.264 e. The number of carbonyl (C=O) groups is 1. The third kappa shape index (κ3) is 4.26. The van der Waals surface area contributed by atoms with E-state index in [-0.39, 0.29) is 10.8 Å². The standard InChI is InChI=1S/C14H22N2O4S/c1-11(2)10-15(3)14(17)12-7-6-8-13(9-12)21(18,19)16(4)20-5/h6-9,11H,10H2,1-5H3. The monoisotopic (exact) mass is 314 g/mol. The van der Waals surface area contributed by atoms with Gasteiger partial charge in [0.05, 0.1) is 12.0 Å². The van der Waals surface area contributed by atoms with Gasteiger partial charge in [-0.2, -0.15) is 0 Å². The molecular formula is C14H22N2O4S. The van der Waals surface area contributed by atoms with E-state index in [0.717, 1.165) is 4.47 Å². The zero-order valence-corrected chi connectivity index (χ0v) is 13.8. The Labute approximate surface area is 126 Å². The minimum Gasteiger partial charge on any atom is -0.341 e. The third-order valence-electron chi connectivity index (χ3n) is 2.96. The molecule has 0 heterocycles. The van der Waals surface area contributed by atoms with Crippen molar-refractivity contribution in [1.82, 2.24) is 9.37 Å². The lowest BCUT2D eigenvalue weighted by Gasteiger charge is -2.20. The Kier molecular flexibility index (Phi) is 5.88. The van der Waals surface area contributed by atoms with Crippen LogP contribution in [0.5, 0.6) is 0 Å². The first-order valence-corrected chi connectivity index (χ1v) is 8.02. The fourth-order valence-electron chi connectivity index (χ4n) is 1.89. The molecule has 0 saturated carbocycles. The van der Waals surface area contributed by atoms with Gasteiger partial charge >= 0.3 is 0 Å². The lowest BCUT2D eigenvalue weighted by Crippen LogP contribution is -2.30. The molecule has 0 N–H and O–H groups in total. The van der Waals surface area contributed by atoms with E-state index in [9.17, 15) is 13.2 Å². The van der Waals surface area contributed by atoms with Crippen molar-refractivity contribution in [2.45, 2.75) is 18.7 Å². The number of rotatable bonds is 6. The molecule has 7 heteroatoms. The molecule has 0 bridgehead atoms. The molecular weight excluding hydrogens is 292 g/mol. The van der Waals surface area contributed by atoms with Crippen LogP contribution in [-0.4, -0.2) is 51.4 Å². The summed E-state index contributed by atoms with van der Waals surface area (Å²) in [7, 11) is 0.513. The van der Waals surface area contributed by atoms with Gasteiger partial charge < -0.3 is 4.90 Å². The molecule has 118 valence electrons. The van der Waals surface area contributed by atoms with Gasteiger partial charge in [0.2, 0.25) is 0 Å². The molecule has 1 aromatic rings. The number of hydroxylamine groups is 1. The highest BCUT2D eigenvalue weighted by atomic mass is 32.2. The number of hydrogen-bond acceptors (Lipinski definition) is 4. The van der Waals surface area contributed by atoms with E-state index in [4.69, 9.17) is 4.84 Å². The van der Waals surface area contributed by atoms with Crippen LogP contribution in [-0.2, 0) is 14.9 Å². The highest BCUT2D eigenvalue weighted by molar-refractivity contribution is 7.89. The van der Waals surface area contributed by atoms with Gasteiger partial charge in [-0.25, -0.2) is 8.42 Å². The summed E-state index contributed by atoms with van der Waals surface area (Å²) in [5, 5.41) is 0. The molecule has 0 spiro atoms. The van der Waals surface area contributed by atoms with Gasteiger partial charge in [0, 0.05) is 26.2 Å². The normalized spacial score (nSPS) is 12.0. The number of nitrogens with zero attached hydrogens (tertiary/aromatic N) is 2. The Morgan fingerprint density at radius 1 is 1.29 bits per heavy atom. The number of benzene rings is 1. The van der Waals surface area contributed by atoms with E-state index in [1.54, 1.807) is 24.1 Å². The zero-order valence-electron chi connectivity index (χ0n) is 13.0. The van der Waals surface area contributed by atoms with Crippen molar-refractivity contribution in [3.05, 3.63) is 29.8 Å². The highest BCUT2D eigenvalue weighted by Gasteiger charge is 2.22. The van der Waals surface area contributed by atoms with E-state index in [1.807, 2.05) is 13.8 Å². The summed E-state index contributed by atoms with van der Waals surface area (Å²) in [6.07, 6.45) is 0. The van der Waals surface area contributed by atoms with Crippen molar-refractivity contribution in [3.63, 3.8) is 0 Å². The Morgan fingerprint density at radius 3 is 2.43 bits per heavy atom. The van der Waals surface area contributed by atoms with Gasteiger partial charge in [0.15, 0.2) is 0 Å². The van der Waals surface area contributed by atoms with E-state index in [2.05, 4.69) is 0 Å². The van der Waals surface area contributed by atoms with Crippen LogP contribution in [0.25, 0.3) is 0 Å². The molecule has 0 saturated heterocycles. The first-order chi connectivity index (χ1) is 9.70. The molecule has 1 aromatic carbocycles. The first-order valence-electron chi connectivity index (χ1n) is 6.58. The molecule has 1 rings (SSSR count). The Balaban J connectivity index is 3.09. The summed E-state index contributed by atoms with van der Waals surface area (Å²) >= 11 is 0. The predicted octanol–water partition coefficient (Wildman–Crippen LogP) is 1.60. The Hall–Kier alpha value is -1.44. The van der Waals surface area contributed by atoms with E-state index in [0.29, 0.717) is 18.0 Å². The minimum absolute atomic E-state index is 0.0237. The van der Waals surface area contributed by atoms with E-state index >= 15 is 0 Å².